The maximum Gasteiger partial charge on any atom is 0.213 e. The molecule has 1 aromatic carbocycles. The van der Waals surface area contributed by atoms with Crippen LogP contribution in [0, 0.1) is 0 Å². The third-order valence-corrected chi connectivity index (χ3v) is 2.27. The summed E-state index contributed by atoms with van der Waals surface area (Å²) < 4.78 is 0. The summed E-state index contributed by atoms with van der Waals surface area (Å²) in [6.07, 6.45) is 1.06. The first-order chi connectivity index (χ1) is 7.19. The van der Waals surface area contributed by atoms with Crippen molar-refractivity contribution < 1.29 is 9.59 Å². The van der Waals surface area contributed by atoms with Crippen molar-refractivity contribution in [3.8, 4) is 0 Å². The Morgan fingerprint density at radius 1 is 1.40 bits per heavy atom. The predicted molar refractivity (Wildman–Crippen MR) is 60.6 cm³/mol. The van der Waals surface area contributed by atoms with Crippen molar-refractivity contribution in [1.82, 2.24) is 0 Å². The number of carbonyl (C=O) groups is 2. The number of halogens is 1. The molecule has 0 N–H and O–H groups in total. The van der Waals surface area contributed by atoms with E-state index < -0.39 is 0 Å². The Hall–Kier alpha value is -1.35. The van der Waals surface area contributed by atoms with Crippen LogP contribution in [0.4, 0.5) is 5.69 Å². The van der Waals surface area contributed by atoms with E-state index in [1.807, 2.05) is 0 Å². The Morgan fingerprint density at radius 2 is 2.00 bits per heavy atom. The second kappa shape index (κ2) is 5.51. The van der Waals surface area contributed by atoms with E-state index >= 15 is 0 Å². The first-order valence-corrected chi connectivity index (χ1v) is 5.10. The minimum Gasteiger partial charge on any atom is -0.318 e. The first kappa shape index (κ1) is 11.7. The number of hydrogen-bond donors (Lipinski definition) is 0. The fraction of sp³-hybridized carbons (Fsp3) is 0.273. The van der Waals surface area contributed by atoms with Crippen molar-refractivity contribution in [2.75, 3.05) is 17.8 Å². The maximum atomic E-state index is 11.4. The van der Waals surface area contributed by atoms with Crippen LogP contribution in [0.5, 0.6) is 0 Å². The highest BCUT2D eigenvalue weighted by Crippen LogP contribution is 2.13. The molecule has 0 aromatic heterocycles. The highest BCUT2D eigenvalue weighted by Gasteiger charge is 2.05. The number of anilines is 1. The summed E-state index contributed by atoms with van der Waals surface area (Å²) in [6.45, 7) is 0. The summed E-state index contributed by atoms with van der Waals surface area (Å²) >= 11 is 5.48. The molecular formula is C11H12ClNO2. The molecule has 80 valence electrons. The standard InChI is InChI=1S/C11H12ClNO2/c1-13(8-14)10-4-2-9(3-5-10)11(15)6-7-12/h2-5,8H,6-7H2,1H3. The van der Waals surface area contributed by atoms with Gasteiger partial charge in [-0.3, -0.25) is 9.59 Å². The molecule has 0 bridgehead atoms. The van der Waals surface area contributed by atoms with Crippen LogP contribution in [0.2, 0.25) is 0 Å². The molecule has 15 heavy (non-hydrogen) atoms. The molecule has 0 spiro atoms. The lowest BCUT2D eigenvalue weighted by Gasteiger charge is -2.10. The summed E-state index contributed by atoms with van der Waals surface area (Å²) in [7, 11) is 1.66. The number of carbonyl (C=O) groups excluding carboxylic acids is 2. The van der Waals surface area contributed by atoms with Gasteiger partial charge >= 0.3 is 0 Å². The quantitative estimate of drug-likeness (QED) is 0.437. The van der Waals surface area contributed by atoms with Crippen LogP contribution >= 0.6 is 11.6 Å². The van der Waals surface area contributed by atoms with E-state index in [0.717, 1.165) is 12.1 Å². The van der Waals surface area contributed by atoms with Crippen molar-refractivity contribution >= 4 is 29.5 Å². The summed E-state index contributed by atoms with van der Waals surface area (Å²) in [4.78, 5) is 23.3. The Bertz CT molecular complexity index is 348. The molecule has 0 aliphatic heterocycles. The number of alkyl halides is 1. The van der Waals surface area contributed by atoms with Gasteiger partial charge in [-0.1, -0.05) is 0 Å². The van der Waals surface area contributed by atoms with Crippen LogP contribution in [0.3, 0.4) is 0 Å². The van der Waals surface area contributed by atoms with E-state index in [0.29, 0.717) is 17.9 Å². The molecule has 0 saturated carbocycles. The van der Waals surface area contributed by atoms with Crippen LogP contribution in [0.1, 0.15) is 16.8 Å². The number of hydrogen-bond acceptors (Lipinski definition) is 2. The van der Waals surface area contributed by atoms with Crippen molar-refractivity contribution in [3.63, 3.8) is 0 Å². The number of amides is 1. The molecule has 4 heteroatoms. The average molecular weight is 226 g/mol. The van der Waals surface area contributed by atoms with Crippen LogP contribution in [0.25, 0.3) is 0 Å². The number of ketones is 1. The van der Waals surface area contributed by atoms with E-state index in [-0.39, 0.29) is 5.78 Å². The lowest BCUT2D eigenvalue weighted by Crippen LogP contribution is -2.13. The minimum absolute atomic E-state index is 0.0188. The van der Waals surface area contributed by atoms with E-state index in [1.54, 1.807) is 31.3 Å². The lowest BCUT2D eigenvalue weighted by molar-refractivity contribution is -0.107. The van der Waals surface area contributed by atoms with Gasteiger partial charge in [0.15, 0.2) is 5.78 Å². The number of nitrogens with zero attached hydrogens (tertiary/aromatic N) is 1. The summed E-state index contributed by atoms with van der Waals surface area (Å²) in [5.74, 6) is 0.347. The maximum absolute atomic E-state index is 11.4. The summed E-state index contributed by atoms with van der Waals surface area (Å²) in [6, 6.07) is 6.86. The van der Waals surface area contributed by atoms with Gasteiger partial charge < -0.3 is 4.90 Å². The van der Waals surface area contributed by atoms with E-state index in [4.69, 9.17) is 11.6 Å². The average Bonchev–Trinajstić information content (AvgIpc) is 2.28. The van der Waals surface area contributed by atoms with Gasteiger partial charge in [0.2, 0.25) is 6.41 Å². The Balaban J connectivity index is 2.80. The van der Waals surface area contributed by atoms with Gasteiger partial charge in [-0.05, 0) is 24.3 Å². The van der Waals surface area contributed by atoms with Crippen LogP contribution in [0.15, 0.2) is 24.3 Å². The number of Topliss-reactive ketones (excluding diaryl/α,β-unsaturated/α-hetero) is 1. The molecule has 1 aromatic rings. The Morgan fingerprint density at radius 3 is 2.47 bits per heavy atom. The number of benzene rings is 1. The molecule has 0 fully saturated rings. The van der Waals surface area contributed by atoms with Gasteiger partial charge in [-0.2, -0.15) is 0 Å². The zero-order valence-corrected chi connectivity index (χ0v) is 9.20. The van der Waals surface area contributed by atoms with Crippen molar-refractivity contribution in [1.29, 1.82) is 0 Å². The van der Waals surface area contributed by atoms with Crippen molar-refractivity contribution in [3.05, 3.63) is 29.8 Å². The Kier molecular flexibility index (Phi) is 4.31. The normalized spacial score (nSPS) is 9.73. The third-order valence-electron chi connectivity index (χ3n) is 2.08. The third kappa shape index (κ3) is 3.06. The highest BCUT2D eigenvalue weighted by atomic mass is 35.5. The molecule has 0 radical (unpaired) electrons. The Labute approximate surface area is 93.6 Å². The van der Waals surface area contributed by atoms with Gasteiger partial charge in [0.1, 0.15) is 0 Å². The van der Waals surface area contributed by atoms with Gasteiger partial charge in [0.05, 0.1) is 0 Å². The molecule has 1 amide bonds. The molecule has 0 aliphatic carbocycles. The molecule has 1 rings (SSSR count). The lowest BCUT2D eigenvalue weighted by atomic mass is 10.1. The molecule has 0 atom stereocenters. The molecule has 0 unspecified atom stereocenters. The fourth-order valence-corrected chi connectivity index (χ4v) is 1.35. The summed E-state index contributed by atoms with van der Waals surface area (Å²) in [5, 5.41) is 0. The molecular weight excluding hydrogens is 214 g/mol. The van der Waals surface area contributed by atoms with E-state index in [2.05, 4.69) is 0 Å². The smallest absolute Gasteiger partial charge is 0.213 e. The molecule has 3 nitrogen and oxygen atoms in total. The number of rotatable bonds is 5. The minimum atomic E-state index is 0.0188. The largest absolute Gasteiger partial charge is 0.318 e. The van der Waals surface area contributed by atoms with E-state index in [1.165, 1.54) is 4.90 Å². The highest BCUT2D eigenvalue weighted by molar-refractivity contribution is 6.19. The zero-order valence-electron chi connectivity index (χ0n) is 8.44. The second-order valence-electron chi connectivity index (χ2n) is 3.13. The first-order valence-electron chi connectivity index (χ1n) is 4.56. The zero-order chi connectivity index (χ0) is 11.3. The SMILES string of the molecule is CN(C=O)c1ccc(C(=O)CCCl)cc1. The van der Waals surface area contributed by atoms with Gasteiger partial charge in [-0.15, -0.1) is 11.6 Å². The van der Waals surface area contributed by atoms with Gasteiger partial charge in [0, 0.05) is 30.6 Å². The topological polar surface area (TPSA) is 37.4 Å². The van der Waals surface area contributed by atoms with E-state index in [9.17, 15) is 9.59 Å². The molecule has 0 aliphatic rings. The van der Waals surface area contributed by atoms with Crippen molar-refractivity contribution in [2.45, 2.75) is 6.42 Å². The molecule has 0 saturated heterocycles. The van der Waals surface area contributed by atoms with Crippen LogP contribution in [-0.2, 0) is 4.79 Å². The fourth-order valence-electron chi connectivity index (χ4n) is 1.17. The van der Waals surface area contributed by atoms with Crippen LogP contribution < -0.4 is 4.90 Å². The monoisotopic (exact) mass is 225 g/mol. The second-order valence-corrected chi connectivity index (χ2v) is 3.50. The predicted octanol–water partition coefficient (Wildman–Crippen LogP) is 2.09. The van der Waals surface area contributed by atoms with Crippen molar-refractivity contribution in [2.24, 2.45) is 0 Å². The summed E-state index contributed by atoms with van der Waals surface area (Å²) in [5.41, 5.74) is 1.38. The van der Waals surface area contributed by atoms with Gasteiger partial charge in [-0.25, -0.2) is 0 Å². The van der Waals surface area contributed by atoms with Gasteiger partial charge in [0.25, 0.3) is 0 Å². The molecule has 0 heterocycles. The van der Waals surface area contributed by atoms with Crippen LogP contribution in [-0.4, -0.2) is 25.1 Å².